The molecule has 2 rings (SSSR count). The van der Waals surface area contributed by atoms with E-state index in [1.165, 1.54) is 6.07 Å². The number of carbonyl (C=O) groups is 1. The molecule has 0 aromatic heterocycles. The van der Waals surface area contributed by atoms with Gasteiger partial charge in [0.1, 0.15) is 5.82 Å². The average Bonchev–Trinajstić information content (AvgIpc) is 2.39. The van der Waals surface area contributed by atoms with E-state index in [-0.39, 0.29) is 17.4 Å². The van der Waals surface area contributed by atoms with Crippen molar-refractivity contribution in [3.05, 3.63) is 28.5 Å². The minimum atomic E-state index is -0.493. The Morgan fingerprint density at radius 1 is 1.50 bits per heavy atom. The molecule has 0 atom stereocenters. The molecule has 0 unspecified atom stereocenters. The van der Waals surface area contributed by atoms with Gasteiger partial charge in [0.15, 0.2) is 0 Å². The molecule has 1 aliphatic rings. The first-order chi connectivity index (χ1) is 5.68. The summed E-state index contributed by atoms with van der Waals surface area (Å²) in [4.78, 5) is 10.8. The highest BCUT2D eigenvalue weighted by Gasteiger charge is 2.22. The quantitative estimate of drug-likeness (QED) is 0.658. The van der Waals surface area contributed by atoms with E-state index in [1.807, 2.05) is 0 Å². The Labute approximate surface area is 73.3 Å². The highest BCUT2D eigenvalue weighted by molar-refractivity contribution is 6.31. The molecule has 1 heterocycles. The Morgan fingerprint density at radius 2 is 2.25 bits per heavy atom. The van der Waals surface area contributed by atoms with Crippen molar-refractivity contribution in [1.29, 1.82) is 0 Å². The molecule has 0 bridgehead atoms. The van der Waals surface area contributed by atoms with Crippen molar-refractivity contribution in [2.45, 2.75) is 6.42 Å². The summed E-state index contributed by atoms with van der Waals surface area (Å²) in [6, 6.07) is 3.03. The molecule has 0 saturated carbocycles. The van der Waals surface area contributed by atoms with Gasteiger partial charge in [-0.25, -0.2) is 4.39 Å². The van der Waals surface area contributed by atoms with Crippen LogP contribution in [-0.2, 0) is 11.2 Å². The molecule has 0 fully saturated rings. The lowest BCUT2D eigenvalue weighted by molar-refractivity contribution is -0.115. The van der Waals surface area contributed by atoms with Crippen LogP contribution in [0.3, 0.4) is 0 Å². The molecule has 1 aromatic carbocycles. The van der Waals surface area contributed by atoms with Crippen LogP contribution in [-0.4, -0.2) is 5.91 Å². The number of anilines is 1. The Bertz CT molecular complexity index is 364. The SMILES string of the molecule is O=C1Cc2c(ccc(Cl)c2F)N1. The van der Waals surface area contributed by atoms with Crippen LogP contribution < -0.4 is 5.32 Å². The monoisotopic (exact) mass is 185 g/mol. The molecule has 62 valence electrons. The molecule has 0 saturated heterocycles. The lowest BCUT2D eigenvalue weighted by atomic mass is 10.1. The van der Waals surface area contributed by atoms with Crippen molar-refractivity contribution >= 4 is 23.2 Å². The number of hydrogen-bond acceptors (Lipinski definition) is 1. The minimum Gasteiger partial charge on any atom is -0.325 e. The van der Waals surface area contributed by atoms with Gasteiger partial charge >= 0.3 is 0 Å². The molecular weight excluding hydrogens is 181 g/mol. The van der Waals surface area contributed by atoms with E-state index in [9.17, 15) is 9.18 Å². The van der Waals surface area contributed by atoms with Gasteiger partial charge in [-0.15, -0.1) is 0 Å². The highest BCUT2D eigenvalue weighted by atomic mass is 35.5. The molecule has 1 amide bonds. The second kappa shape index (κ2) is 2.45. The van der Waals surface area contributed by atoms with Crippen LogP contribution in [0.25, 0.3) is 0 Å². The molecule has 1 aliphatic heterocycles. The first kappa shape index (κ1) is 7.55. The zero-order valence-corrected chi connectivity index (χ0v) is 6.78. The van der Waals surface area contributed by atoms with Crippen molar-refractivity contribution < 1.29 is 9.18 Å². The maximum Gasteiger partial charge on any atom is 0.228 e. The summed E-state index contributed by atoms with van der Waals surface area (Å²) in [6.07, 6.45) is 0.0850. The topological polar surface area (TPSA) is 29.1 Å². The number of hydrogen-bond donors (Lipinski definition) is 1. The second-order valence-electron chi connectivity index (χ2n) is 2.61. The standard InChI is InChI=1S/C8H5ClFNO/c9-5-1-2-6-4(8(5)10)3-7(12)11-6/h1-2H,3H2,(H,11,12). The number of nitrogens with one attached hydrogen (secondary N) is 1. The maximum absolute atomic E-state index is 13.2. The van der Waals surface area contributed by atoms with Crippen molar-refractivity contribution in [1.82, 2.24) is 0 Å². The molecular formula is C8H5ClFNO. The third kappa shape index (κ3) is 0.975. The predicted molar refractivity (Wildman–Crippen MR) is 43.7 cm³/mol. The Kier molecular flexibility index (Phi) is 1.54. The normalized spacial score (nSPS) is 14.3. The molecule has 4 heteroatoms. The van der Waals surface area contributed by atoms with Gasteiger partial charge in [0.05, 0.1) is 11.4 Å². The summed E-state index contributed by atoms with van der Waals surface area (Å²) >= 11 is 5.53. The summed E-state index contributed by atoms with van der Waals surface area (Å²) in [5.74, 6) is -0.682. The summed E-state index contributed by atoms with van der Waals surface area (Å²) < 4.78 is 13.2. The molecule has 0 spiro atoms. The van der Waals surface area contributed by atoms with E-state index in [4.69, 9.17) is 11.6 Å². The predicted octanol–water partition coefficient (Wildman–Crippen LogP) is 1.97. The van der Waals surface area contributed by atoms with Gasteiger partial charge < -0.3 is 5.32 Å². The Hall–Kier alpha value is -1.09. The zero-order chi connectivity index (χ0) is 8.72. The Balaban J connectivity index is 2.61. The van der Waals surface area contributed by atoms with Gasteiger partial charge in [0, 0.05) is 11.3 Å². The van der Waals surface area contributed by atoms with Gasteiger partial charge in [0.25, 0.3) is 0 Å². The van der Waals surface area contributed by atoms with Crippen LogP contribution >= 0.6 is 11.6 Å². The number of carbonyl (C=O) groups excluding carboxylic acids is 1. The minimum absolute atomic E-state index is 0.0604. The summed E-state index contributed by atoms with van der Waals surface area (Å²) in [6.45, 7) is 0. The number of rotatable bonds is 0. The molecule has 2 nitrogen and oxygen atoms in total. The third-order valence-corrected chi connectivity index (χ3v) is 2.10. The van der Waals surface area contributed by atoms with Gasteiger partial charge in [-0.2, -0.15) is 0 Å². The Morgan fingerprint density at radius 3 is 3.00 bits per heavy atom. The molecule has 12 heavy (non-hydrogen) atoms. The van der Waals surface area contributed by atoms with Crippen LogP contribution in [0.2, 0.25) is 5.02 Å². The van der Waals surface area contributed by atoms with Crippen LogP contribution in [0.4, 0.5) is 10.1 Å². The van der Waals surface area contributed by atoms with Crippen molar-refractivity contribution in [2.24, 2.45) is 0 Å². The van der Waals surface area contributed by atoms with Gasteiger partial charge in [0.2, 0.25) is 5.91 Å². The lowest BCUT2D eigenvalue weighted by Crippen LogP contribution is -2.03. The van der Waals surface area contributed by atoms with Gasteiger partial charge in [-0.3, -0.25) is 4.79 Å². The first-order valence-electron chi connectivity index (χ1n) is 3.45. The molecule has 1 aromatic rings. The van der Waals surface area contributed by atoms with E-state index in [0.29, 0.717) is 11.3 Å². The maximum atomic E-state index is 13.2. The second-order valence-corrected chi connectivity index (χ2v) is 3.02. The zero-order valence-electron chi connectivity index (χ0n) is 6.03. The fraction of sp³-hybridized carbons (Fsp3) is 0.125. The molecule has 0 aliphatic carbocycles. The average molecular weight is 186 g/mol. The van der Waals surface area contributed by atoms with E-state index >= 15 is 0 Å². The molecule has 1 N–H and O–H groups in total. The van der Waals surface area contributed by atoms with Crippen LogP contribution in [0, 0.1) is 5.82 Å². The lowest BCUT2D eigenvalue weighted by Gasteiger charge is -1.99. The number of fused-ring (bicyclic) bond motifs is 1. The molecule has 0 radical (unpaired) electrons. The smallest absolute Gasteiger partial charge is 0.228 e. The van der Waals surface area contributed by atoms with Crippen LogP contribution in [0.15, 0.2) is 12.1 Å². The van der Waals surface area contributed by atoms with E-state index in [2.05, 4.69) is 5.32 Å². The fourth-order valence-corrected chi connectivity index (χ4v) is 1.41. The fourth-order valence-electron chi connectivity index (χ4n) is 1.24. The number of amides is 1. The summed E-state index contributed by atoms with van der Waals surface area (Å²) in [5, 5.41) is 2.59. The highest BCUT2D eigenvalue weighted by Crippen LogP contribution is 2.29. The summed E-state index contributed by atoms with van der Waals surface area (Å²) in [5.41, 5.74) is 0.898. The largest absolute Gasteiger partial charge is 0.325 e. The van der Waals surface area contributed by atoms with Crippen molar-refractivity contribution in [3.8, 4) is 0 Å². The first-order valence-corrected chi connectivity index (χ1v) is 3.83. The van der Waals surface area contributed by atoms with Crippen LogP contribution in [0.5, 0.6) is 0 Å². The van der Waals surface area contributed by atoms with Gasteiger partial charge in [-0.1, -0.05) is 11.6 Å². The number of benzene rings is 1. The van der Waals surface area contributed by atoms with E-state index in [0.717, 1.165) is 0 Å². The van der Waals surface area contributed by atoms with Crippen molar-refractivity contribution in [3.63, 3.8) is 0 Å². The summed E-state index contributed by atoms with van der Waals surface area (Å²) in [7, 11) is 0. The number of halogens is 2. The van der Waals surface area contributed by atoms with Gasteiger partial charge in [-0.05, 0) is 12.1 Å². The van der Waals surface area contributed by atoms with Crippen molar-refractivity contribution in [2.75, 3.05) is 5.32 Å². The van der Waals surface area contributed by atoms with Crippen LogP contribution in [0.1, 0.15) is 5.56 Å². The van der Waals surface area contributed by atoms with E-state index < -0.39 is 5.82 Å². The third-order valence-electron chi connectivity index (χ3n) is 1.81. The van der Waals surface area contributed by atoms with E-state index in [1.54, 1.807) is 6.07 Å².